The van der Waals surface area contributed by atoms with E-state index in [0.29, 0.717) is 0 Å². The van der Waals surface area contributed by atoms with Crippen LogP contribution in [-0.2, 0) is 26.2 Å². The molecule has 1 heterocycles. The summed E-state index contributed by atoms with van der Waals surface area (Å²) in [4.78, 5) is 2.43. The van der Waals surface area contributed by atoms with Crippen molar-refractivity contribution in [2.24, 2.45) is 0 Å². The van der Waals surface area contributed by atoms with Crippen molar-refractivity contribution in [3.05, 3.63) is 70.8 Å². The summed E-state index contributed by atoms with van der Waals surface area (Å²) in [5.41, 5.74) is 5.11. The molecule has 1 N–H and O–H groups in total. The van der Waals surface area contributed by atoms with Gasteiger partial charge in [0.15, 0.2) is 0 Å². The van der Waals surface area contributed by atoms with E-state index in [1.54, 1.807) is 0 Å². The summed E-state index contributed by atoms with van der Waals surface area (Å²) in [7, 11) is 0. The van der Waals surface area contributed by atoms with Crippen LogP contribution in [0, 0.1) is 0 Å². The standard InChI is InChI=1S/C16H17NO/c18-12-14-6-7-15-10-17(11-16(15)8-14)9-13-4-2-1-3-5-13/h1-8,18H,9-12H2. The van der Waals surface area contributed by atoms with Gasteiger partial charge in [-0.2, -0.15) is 0 Å². The van der Waals surface area contributed by atoms with Gasteiger partial charge in [0.05, 0.1) is 6.61 Å². The first-order valence-corrected chi connectivity index (χ1v) is 6.33. The highest BCUT2D eigenvalue weighted by Crippen LogP contribution is 2.25. The quantitative estimate of drug-likeness (QED) is 0.890. The summed E-state index contributed by atoms with van der Waals surface area (Å²) in [5.74, 6) is 0. The largest absolute Gasteiger partial charge is 0.392 e. The molecule has 0 spiro atoms. The molecule has 0 saturated heterocycles. The smallest absolute Gasteiger partial charge is 0.0681 e. The van der Waals surface area contributed by atoms with E-state index in [4.69, 9.17) is 5.11 Å². The van der Waals surface area contributed by atoms with Gasteiger partial charge < -0.3 is 5.11 Å². The third-order valence-corrected chi connectivity index (χ3v) is 3.49. The van der Waals surface area contributed by atoms with Gasteiger partial charge in [0.25, 0.3) is 0 Å². The topological polar surface area (TPSA) is 23.5 Å². The fourth-order valence-electron chi connectivity index (χ4n) is 2.57. The Balaban J connectivity index is 1.73. The van der Waals surface area contributed by atoms with Gasteiger partial charge in [0.1, 0.15) is 0 Å². The van der Waals surface area contributed by atoms with Gasteiger partial charge in [-0.05, 0) is 22.3 Å². The van der Waals surface area contributed by atoms with E-state index < -0.39 is 0 Å². The minimum atomic E-state index is 0.131. The molecule has 0 aliphatic carbocycles. The first-order valence-electron chi connectivity index (χ1n) is 6.33. The third-order valence-electron chi connectivity index (χ3n) is 3.49. The minimum Gasteiger partial charge on any atom is -0.392 e. The molecule has 0 fully saturated rings. The molecule has 0 saturated carbocycles. The highest BCUT2D eigenvalue weighted by Gasteiger charge is 2.18. The van der Waals surface area contributed by atoms with Gasteiger partial charge in [0.2, 0.25) is 0 Å². The lowest BCUT2D eigenvalue weighted by Crippen LogP contribution is -2.15. The molecule has 0 amide bonds. The van der Waals surface area contributed by atoms with E-state index in [9.17, 15) is 0 Å². The van der Waals surface area contributed by atoms with Crippen LogP contribution >= 0.6 is 0 Å². The maximum absolute atomic E-state index is 9.16. The van der Waals surface area contributed by atoms with E-state index in [2.05, 4.69) is 47.4 Å². The molecule has 0 radical (unpaired) electrons. The highest BCUT2D eigenvalue weighted by atomic mass is 16.3. The van der Waals surface area contributed by atoms with Crippen molar-refractivity contribution in [1.82, 2.24) is 4.90 Å². The zero-order valence-electron chi connectivity index (χ0n) is 10.3. The normalized spacial score (nSPS) is 14.7. The monoisotopic (exact) mass is 239 g/mol. The van der Waals surface area contributed by atoms with Gasteiger partial charge in [-0.25, -0.2) is 0 Å². The van der Waals surface area contributed by atoms with E-state index >= 15 is 0 Å². The SMILES string of the molecule is OCc1ccc2c(c1)CN(Cc1ccccc1)C2. The zero-order chi connectivity index (χ0) is 12.4. The average molecular weight is 239 g/mol. The minimum absolute atomic E-state index is 0.131. The Bertz CT molecular complexity index is 536. The molecule has 1 aliphatic heterocycles. The number of aliphatic hydroxyl groups is 1. The van der Waals surface area contributed by atoms with Crippen molar-refractivity contribution in [3.63, 3.8) is 0 Å². The second-order valence-corrected chi connectivity index (χ2v) is 4.89. The molecule has 92 valence electrons. The summed E-state index contributed by atoms with van der Waals surface area (Å²) in [5, 5.41) is 9.16. The van der Waals surface area contributed by atoms with Crippen LogP contribution in [0.3, 0.4) is 0 Å². The third kappa shape index (κ3) is 2.30. The van der Waals surface area contributed by atoms with Crippen LogP contribution in [0.5, 0.6) is 0 Å². The van der Waals surface area contributed by atoms with Crippen molar-refractivity contribution >= 4 is 0 Å². The Morgan fingerprint density at radius 1 is 0.889 bits per heavy atom. The lowest BCUT2D eigenvalue weighted by Gasteiger charge is -2.14. The maximum atomic E-state index is 9.16. The van der Waals surface area contributed by atoms with Crippen LogP contribution in [0.4, 0.5) is 0 Å². The molecule has 0 atom stereocenters. The molecule has 18 heavy (non-hydrogen) atoms. The molecule has 1 aliphatic rings. The van der Waals surface area contributed by atoms with Gasteiger partial charge in [-0.3, -0.25) is 4.90 Å². The summed E-state index contributed by atoms with van der Waals surface area (Å²) >= 11 is 0. The molecule has 2 nitrogen and oxygen atoms in total. The molecular weight excluding hydrogens is 222 g/mol. The first-order chi connectivity index (χ1) is 8.85. The number of rotatable bonds is 3. The molecule has 3 rings (SSSR count). The number of hydrogen-bond acceptors (Lipinski definition) is 2. The van der Waals surface area contributed by atoms with E-state index in [-0.39, 0.29) is 6.61 Å². The summed E-state index contributed by atoms with van der Waals surface area (Å²) in [6.07, 6.45) is 0. The van der Waals surface area contributed by atoms with Gasteiger partial charge in [-0.1, -0.05) is 48.5 Å². The van der Waals surface area contributed by atoms with E-state index in [0.717, 1.165) is 25.2 Å². The molecule has 0 bridgehead atoms. The number of aliphatic hydroxyl groups excluding tert-OH is 1. The molecule has 0 aromatic heterocycles. The second kappa shape index (κ2) is 4.92. The van der Waals surface area contributed by atoms with Crippen LogP contribution in [0.1, 0.15) is 22.3 Å². The predicted octanol–water partition coefficient (Wildman–Crippen LogP) is 2.69. The van der Waals surface area contributed by atoms with Crippen molar-refractivity contribution < 1.29 is 5.11 Å². The fraction of sp³-hybridized carbons (Fsp3) is 0.250. The van der Waals surface area contributed by atoms with Crippen LogP contribution in [-0.4, -0.2) is 10.0 Å². The Hall–Kier alpha value is -1.64. The van der Waals surface area contributed by atoms with Crippen molar-refractivity contribution in [1.29, 1.82) is 0 Å². The van der Waals surface area contributed by atoms with Gasteiger partial charge in [-0.15, -0.1) is 0 Å². The Kier molecular flexibility index (Phi) is 3.13. The lowest BCUT2D eigenvalue weighted by atomic mass is 10.1. The Morgan fingerprint density at radius 2 is 1.67 bits per heavy atom. The predicted molar refractivity (Wildman–Crippen MR) is 71.8 cm³/mol. The Labute approximate surface area is 107 Å². The van der Waals surface area contributed by atoms with Crippen LogP contribution in [0.25, 0.3) is 0 Å². The molecule has 2 aromatic rings. The average Bonchev–Trinajstić information content (AvgIpc) is 2.80. The number of nitrogens with zero attached hydrogens (tertiary/aromatic N) is 1. The number of hydrogen-bond donors (Lipinski definition) is 1. The van der Waals surface area contributed by atoms with Gasteiger partial charge in [0, 0.05) is 19.6 Å². The van der Waals surface area contributed by atoms with Crippen molar-refractivity contribution in [3.8, 4) is 0 Å². The number of fused-ring (bicyclic) bond motifs is 1. The molecule has 0 unspecified atom stereocenters. The lowest BCUT2D eigenvalue weighted by molar-refractivity contribution is 0.274. The Morgan fingerprint density at radius 3 is 2.44 bits per heavy atom. The summed E-state index contributed by atoms with van der Waals surface area (Å²) < 4.78 is 0. The van der Waals surface area contributed by atoms with E-state index in [1.807, 2.05) is 6.07 Å². The maximum Gasteiger partial charge on any atom is 0.0681 e. The molecule has 2 heteroatoms. The van der Waals surface area contributed by atoms with Crippen LogP contribution in [0.2, 0.25) is 0 Å². The van der Waals surface area contributed by atoms with Crippen LogP contribution < -0.4 is 0 Å². The molecule has 2 aromatic carbocycles. The van der Waals surface area contributed by atoms with E-state index in [1.165, 1.54) is 16.7 Å². The fourth-order valence-corrected chi connectivity index (χ4v) is 2.57. The zero-order valence-corrected chi connectivity index (χ0v) is 10.3. The van der Waals surface area contributed by atoms with Crippen molar-refractivity contribution in [2.75, 3.05) is 0 Å². The van der Waals surface area contributed by atoms with Gasteiger partial charge >= 0.3 is 0 Å². The summed E-state index contributed by atoms with van der Waals surface area (Å²) in [6, 6.07) is 16.8. The highest BCUT2D eigenvalue weighted by molar-refractivity contribution is 5.34. The van der Waals surface area contributed by atoms with Crippen molar-refractivity contribution in [2.45, 2.75) is 26.2 Å². The first kappa shape index (κ1) is 11.5. The molecular formula is C16H17NO. The summed E-state index contributed by atoms with van der Waals surface area (Å²) in [6.45, 7) is 3.12. The second-order valence-electron chi connectivity index (χ2n) is 4.89. The number of benzene rings is 2. The van der Waals surface area contributed by atoms with Crippen LogP contribution in [0.15, 0.2) is 48.5 Å².